The second-order valence-corrected chi connectivity index (χ2v) is 4.74. The molecule has 2 amide bonds. The van der Waals surface area contributed by atoms with E-state index in [1.165, 1.54) is 13.5 Å². The molecule has 19 heavy (non-hydrogen) atoms. The zero-order chi connectivity index (χ0) is 14.8. The fraction of sp³-hybridized carbons (Fsp3) is 0.857. The molecule has 1 saturated heterocycles. The van der Waals surface area contributed by atoms with Crippen LogP contribution in [0, 0.1) is 5.92 Å². The minimum atomic E-state index is -0.547. The molecule has 0 radical (unpaired) electrons. The molecule has 0 saturated carbocycles. The minimum Gasteiger partial charge on any atom is -0.453 e. The quantitative estimate of drug-likeness (QED) is 0.858. The van der Waals surface area contributed by atoms with Crippen LogP contribution in [0.3, 0.4) is 0 Å². The highest BCUT2D eigenvalue weighted by Crippen LogP contribution is 2.13. The highest BCUT2D eigenvalue weighted by atomic mass is 16.5. The van der Waals surface area contributed by atoms with Crippen LogP contribution in [0.15, 0.2) is 0 Å². The normalized spacial score (nSPS) is 16.2. The number of amides is 2. The molecule has 0 aromatic heterocycles. The van der Waals surface area contributed by atoms with E-state index in [0.29, 0.717) is 0 Å². The Labute approximate surface area is 116 Å². The summed E-state index contributed by atoms with van der Waals surface area (Å²) in [4.78, 5) is 25.3. The predicted octanol–water partition coefficient (Wildman–Crippen LogP) is 2.41. The van der Waals surface area contributed by atoms with Gasteiger partial charge in [-0.05, 0) is 25.2 Å². The van der Waals surface area contributed by atoms with E-state index in [-0.39, 0.29) is 11.8 Å². The summed E-state index contributed by atoms with van der Waals surface area (Å²) >= 11 is 0. The van der Waals surface area contributed by atoms with Crippen molar-refractivity contribution in [2.45, 2.75) is 53.0 Å². The average Bonchev–Trinajstić information content (AvgIpc) is 2.46. The molecule has 0 spiro atoms. The van der Waals surface area contributed by atoms with Gasteiger partial charge in [0.15, 0.2) is 0 Å². The fourth-order valence-electron chi connectivity index (χ4n) is 2.01. The van der Waals surface area contributed by atoms with Crippen LogP contribution in [0.1, 0.15) is 47.0 Å². The maximum absolute atomic E-state index is 12.2. The van der Waals surface area contributed by atoms with Gasteiger partial charge in [0.25, 0.3) is 0 Å². The number of ether oxygens (including phenoxy) is 1. The van der Waals surface area contributed by atoms with Crippen molar-refractivity contribution in [1.82, 2.24) is 10.2 Å². The van der Waals surface area contributed by atoms with Crippen LogP contribution in [0.4, 0.5) is 4.79 Å². The van der Waals surface area contributed by atoms with Gasteiger partial charge in [-0.2, -0.15) is 0 Å². The summed E-state index contributed by atoms with van der Waals surface area (Å²) in [5, 5.41) is 2.61. The van der Waals surface area contributed by atoms with Crippen LogP contribution < -0.4 is 5.32 Å². The lowest BCUT2D eigenvalue weighted by molar-refractivity contribution is -0.135. The molecular formula is C14H28N2O3. The van der Waals surface area contributed by atoms with Gasteiger partial charge in [-0.25, -0.2) is 4.79 Å². The Bertz CT molecular complexity index is 274. The van der Waals surface area contributed by atoms with Crippen LogP contribution in [-0.4, -0.2) is 43.1 Å². The van der Waals surface area contributed by atoms with Gasteiger partial charge in [0.1, 0.15) is 6.04 Å². The highest BCUT2D eigenvalue weighted by molar-refractivity contribution is 5.86. The van der Waals surface area contributed by atoms with E-state index < -0.39 is 12.1 Å². The van der Waals surface area contributed by atoms with Crippen molar-refractivity contribution < 1.29 is 14.3 Å². The summed E-state index contributed by atoms with van der Waals surface area (Å²) in [6.45, 7) is 9.43. The molecule has 1 unspecified atom stereocenters. The van der Waals surface area contributed by atoms with Gasteiger partial charge in [-0.1, -0.05) is 27.7 Å². The molecule has 1 aliphatic rings. The topological polar surface area (TPSA) is 58.6 Å². The summed E-state index contributed by atoms with van der Waals surface area (Å²) in [5.41, 5.74) is 0. The molecule has 0 aromatic carbocycles. The molecule has 1 rings (SSSR count). The van der Waals surface area contributed by atoms with Gasteiger partial charge in [-0.15, -0.1) is 0 Å². The third-order valence-electron chi connectivity index (χ3n) is 3.06. The third-order valence-corrected chi connectivity index (χ3v) is 3.06. The van der Waals surface area contributed by atoms with E-state index in [1.54, 1.807) is 0 Å². The number of rotatable bonds is 3. The van der Waals surface area contributed by atoms with Crippen molar-refractivity contribution in [3.8, 4) is 0 Å². The van der Waals surface area contributed by atoms with Gasteiger partial charge in [0.2, 0.25) is 5.91 Å². The molecule has 1 N–H and O–H groups in total. The lowest BCUT2D eigenvalue weighted by Crippen LogP contribution is -2.52. The first-order chi connectivity index (χ1) is 9.06. The van der Waals surface area contributed by atoms with Crippen molar-refractivity contribution in [2.75, 3.05) is 20.2 Å². The molecule has 5 nitrogen and oxygen atoms in total. The molecule has 1 atom stereocenters. The monoisotopic (exact) mass is 272 g/mol. The second-order valence-electron chi connectivity index (χ2n) is 4.74. The van der Waals surface area contributed by atoms with Gasteiger partial charge in [-0.3, -0.25) is 4.79 Å². The number of piperidine rings is 1. The SMILES string of the molecule is CC.COC(=O)NC(C(=O)N1CCCCC1)C(C)C. The number of likely N-dealkylation sites (tertiary alicyclic amines) is 1. The van der Waals surface area contributed by atoms with Crippen LogP contribution in [0.2, 0.25) is 0 Å². The standard InChI is InChI=1S/C12H22N2O3.C2H6/c1-9(2)10(13-12(16)17-3)11(15)14-7-5-4-6-8-14;1-2/h9-10H,4-8H2,1-3H3,(H,13,16);1-2H3. The Morgan fingerprint density at radius 3 is 2.05 bits per heavy atom. The summed E-state index contributed by atoms with van der Waals surface area (Å²) in [7, 11) is 1.30. The summed E-state index contributed by atoms with van der Waals surface area (Å²) in [5.74, 6) is 0.0635. The lowest BCUT2D eigenvalue weighted by Gasteiger charge is -2.32. The first-order valence-electron chi connectivity index (χ1n) is 7.19. The maximum Gasteiger partial charge on any atom is 0.407 e. The number of nitrogens with one attached hydrogen (secondary N) is 1. The third kappa shape index (κ3) is 5.94. The van der Waals surface area contributed by atoms with Gasteiger partial charge in [0, 0.05) is 13.1 Å². The smallest absolute Gasteiger partial charge is 0.407 e. The predicted molar refractivity (Wildman–Crippen MR) is 75.9 cm³/mol. The van der Waals surface area contributed by atoms with Crippen molar-refractivity contribution in [3.63, 3.8) is 0 Å². The van der Waals surface area contributed by atoms with E-state index in [1.807, 2.05) is 32.6 Å². The molecule has 5 heteroatoms. The average molecular weight is 272 g/mol. The molecule has 0 bridgehead atoms. The van der Waals surface area contributed by atoms with Crippen LogP contribution in [-0.2, 0) is 9.53 Å². The second kappa shape index (κ2) is 9.64. The number of hydrogen-bond donors (Lipinski definition) is 1. The van der Waals surface area contributed by atoms with Crippen LogP contribution >= 0.6 is 0 Å². The van der Waals surface area contributed by atoms with Gasteiger partial charge < -0.3 is 15.0 Å². The molecule has 112 valence electrons. The largest absolute Gasteiger partial charge is 0.453 e. The molecule has 1 fully saturated rings. The Hall–Kier alpha value is -1.26. The molecule has 0 aliphatic carbocycles. The fourth-order valence-corrected chi connectivity index (χ4v) is 2.01. The Balaban J connectivity index is 0.00000154. The molecule has 1 aliphatic heterocycles. The highest BCUT2D eigenvalue weighted by Gasteiger charge is 2.29. The number of hydrogen-bond acceptors (Lipinski definition) is 3. The van der Waals surface area contributed by atoms with Gasteiger partial charge in [0.05, 0.1) is 7.11 Å². The van der Waals surface area contributed by atoms with E-state index >= 15 is 0 Å². The minimum absolute atomic E-state index is 0.00472. The van der Waals surface area contributed by atoms with Crippen molar-refractivity contribution in [2.24, 2.45) is 5.92 Å². The van der Waals surface area contributed by atoms with E-state index in [4.69, 9.17) is 0 Å². The van der Waals surface area contributed by atoms with Crippen LogP contribution in [0.25, 0.3) is 0 Å². The number of carbonyl (C=O) groups is 2. The number of carbonyl (C=O) groups excluding carboxylic acids is 2. The summed E-state index contributed by atoms with van der Waals surface area (Å²) < 4.78 is 4.55. The number of methoxy groups -OCH3 is 1. The molecule has 0 aromatic rings. The van der Waals surface area contributed by atoms with Crippen molar-refractivity contribution in [1.29, 1.82) is 0 Å². The van der Waals surface area contributed by atoms with Crippen molar-refractivity contribution in [3.05, 3.63) is 0 Å². The zero-order valence-corrected chi connectivity index (χ0v) is 12.9. The Morgan fingerprint density at radius 2 is 1.63 bits per heavy atom. The van der Waals surface area contributed by atoms with Crippen LogP contribution in [0.5, 0.6) is 0 Å². The molecule has 1 heterocycles. The number of alkyl carbamates (subject to hydrolysis) is 1. The molecular weight excluding hydrogens is 244 g/mol. The lowest BCUT2D eigenvalue weighted by atomic mass is 10.0. The number of nitrogens with zero attached hydrogens (tertiary/aromatic N) is 1. The van der Waals surface area contributed by atoms with Crippen molar-refractivity contribution >= 4 is 12.0 Å². The maximum atomic E-state index is 12.2. The summed E-state index contributed by atoms with van der Waals surface area (Å²) in [6, 6.07) is -0.486. The van der Waals surface area contributed by atoms with E-state index in [0.717, 1.165) is 25.9 Å². The first-order valence-corrected chi connectivity index (χ1v) is 7.19. The van der Waals surface area contributed by atoms with E-state index in [9.17, 15) is 9.59 Å². The summed E-state index contributed by atoms with van der Waals surface area (Å²) in [6.07, 6.45) is 2.73. The first kappa shape index (κ1) is 17.7. The zero-order valence-electron chi connectivity index (χ0n) is 12.9. The Kier molecular flexibility index (Phi) is 9.00. The Morgan fingerprint density at radius 1 is 1.11 bits per heavy atom. The van der Waals surface area contributed by atoms with Gasteiger partial charge >= 0.3 is 6.09 Å². The van der Waals surface area contributed by atoms with E-state index in [2.05, 4.69) is 10.1 Å².